The van der Waals surface area contributed by atoms with Gasteiger partial charge in [-0.1, -0.05) is 0 Å². The summed E-state index contributed by atoms with van der Waals surface area (Å²) >= 11 is 0. The van der Waals surface area contributed by atoms with Gasteiger partial charge in [0, 0.05) is 6.54 Å². The lowest BCUT2D eigenvalue weighted by Crippen LogP contribution is -2.48. The molecule has 6 heteroatoms. The summed E-state index contributed by atoms with van der Waals surface area (Å²) in [5, 5.41) is 7.34. The summed E-state index contributed by atoms with van der Waals surface area (Å²) in [7, 11) is 0. The first kappa shape index (κ1) is 13.5. The molecule has 0 spiro atoms. The molecule has 102 valence electrons. The lowest BCUT2D eigenvalue weighted by Gasteiger charge is -2.33. The van der Waals surface area contributed by atoms with E-state index in [0.717, 1.165) is 12.8 Å². The van der Waals surface area contributed by atoms with E-state index >= 15 is 0 Å². The molecule has 1 aromatic heterocycles. The van der Waals surface area contributed by atoms with Gasteiger partial charge in [-0.15, -0.1) is 0 Å². The molecule has 2 heterocycles. The van der Waals surface area contributed by atoms with Gasteiger partial charge < -0.3 is 9.64 Å². The van der Waals surface area contributed by atoms with Crippen LogP contribution in [0.5, 0.6) is 0 Å². The van der Waals surface area contributed by atoms with Crippen molar-refractivity contribution in [2.24, 2.45) is 0 Å². The van der Waals surface area contributed by atoms with Crippen molar-refractivity contribution in [2.45, 2.75) is 32.2 Å². The largest absolute Gasteiger partial charge is 0.464 e. The summed E-state index contributed by atoms with van der Waals surface area (Å²) in [6.45, 7) is 2.67. The van der Waals surface area contributed by atoms with Crippen LogP contribution in [0.2, 0.25) is 0 Å². The van der Waals surface area contributed by atoms with Crippen molar-refractivity contribution in [3.63, 3.8) is 0 Å². The molecule has 0 bridgehead atoms. The van der Waals surface area contributed by atoms with Crippen molar-refractivity contribution in [1.82, 2.24) is 15.1 Å². The number of esters is 1. The highest BCUT2D eigenvalue weighted by Gasteiger charge is 2.33. The smallest absolute Gasteiger partial charge is 0.328 e. The molecule has 1 aromatic rings. The van der Waals surface area contributed by atoms with E-state index in [-0.39, 0.29) is 11.9 Å². The molecule has 19 heavy (non-hydrogen) atoms. The van der Waals surface area contributed by atoms with E-state index in [4.69, 9.17) is 4.74 Å². The summed E-state index contributed by atoms with van der Waals surface area (Å²) in [5.74, 6) is -0.509. The molecule has 0 aliphatic carbocycles. The van der Waals surface area contributed by atoms with Gasteiger partial charge >= 0.3 is 5.97 Å². The van der Waals surface area contributed by atoms with Gasteiger partial charge in [-0.05, 0) is 32.3 Å². The van der Waals surface area contributed by atoms with Gasteiger partial charge in [0.1, 0.15) is 6.04 Å². The van der Waals surface area contributed by atoms with E-state index in [1.165, 1.54) is 12.4 Å². The van der Waals surface area contributed by atoms with Gasteiger partial charge in [-0.25, -0.2) is 4.79 Å². The van der Waals surface area contributed by atoms with Crippen molar-refractivity contribution < 1.29 is 14.3 Å². The van der Waals surface area contributed by atoms with E-state index < -0.39 is 6.04 Å². The number of hydrogen-bond donors (Lipinski definition) is 0. The molecule has 1 atom stereocenters. The first-order valence-electron chi connectivity index (χ1n) is 6.48. The van der Waals surface area contributed by atoms with Crippen molar-refractivity contribution in [3.8, 4) is 0 Å². The third-order valence-corrected chi connectivity index (χ3v) is 3.15. The highest BCUT2D eigenvalue weighted by atomic mass is 16.5. The fraction of sp³-hybridized carbons (Fsp3) is 0.538. The van der Waals surface area contributed by atoms with Crippen LogP contribution in [0.15, 0.2) is 18.5 Å². The van der Waals surface area contributed by atoms with E-state index in [2.05, 4.69) is 10.2 Å². The number of aromatic nitrogens is 2. The molecule has 1 amide bonds. The molecule has 1 aliphatic heterocycles. The minimum Gasteiger partial charge on any atom is -0.464 e. The van der Waals surface area contributed by atoms with Gasteiger partial charge in [0.15, 0.2) is 0 Å². The van der Waals surface area contributed by atoms with Gasteiger partial charge in [0.25, 0.3) is 5.91 Å². The highest BCUT2D eigenvalue weighted by molar-refractivity contribution is 5.96. The van der Waals surface area contributed by atoms with Gasteiger partial charge in [0.05, 0.1) is 24.6 Å². The standard InChI is InChI=1S/C13H17N3O3/c1-2-19-13(18)11-5-3-4-8-16(11)12(17)10-6-7-14-15-9-10/h6-7,9,11H,2-5,8H2,1H3. The molecular weight excluding hydrogens is 246 g/mol. The van der Waals surface area contributed by atoms with Gasteiger partial charge in [0.2, 0.25) is 0 Å². The number of amides is 1. The topological polar surface area (TPSA) is 72.4 Å². The summed E-state index contributed by atoms with van der Waals surface area (Å²) in [6.07, 6.45) is 5.38. The highest BCUT2D eigenvalue weighted by Crippen LogP contribution is 2.20. The third-order valence-electron chi connectivity index (χ3n) is 3.15. The molecule has 0 radical (unpaired) electrons. The molecule has 1 fully saturated rings. The van der Waals surface area contributed by atoms with Crippen LogP contribution in [-0.4, -0.2) is 46.2 Å². The number of hydrogen-bond acceptors (Lipinski definition) is 5. The molecular formula is C13H17N3O3. The second-order valence-corrected chi connectivity index (χ2v) is 4.39. The summed E-state index contributed by atoms with van der Waals surface area (Å²) in [6, 6.07) is 1.13. The number of nitrogens with zero attached hydrogens (tertiary/aromatic N) is 3. The molecule has 0 saturated carbocycles. The molecule has 0 N–H and O–H groups in total. The lowest BCUT2D eigenvalue weighted by molar-refractivity contribution is -0.149. The molecule has 1 aliphatic rings. The molecule has 1 saturated heterocycles. The molecule has 0 aromatic carbocycles. The molecule has 2 rings (SSSR count). The molecule has 6 nitrogen and oxygen atoms in total. The van der Waals surface area contributed by atoms with Crippen molar-refractivity contribution in [1.29, 1.82) is 0 Å². The fourth-order valence-corrected chi connectivity index (χ4v) is 2.24. The Morgan fingerprint density at radius 1 is 1.42 bits per heavy atom. The fourth-order valence-electron chi connectivity index (χ4n) is 2.24. The van der Waals surface area contributed by atoms with E-state index in [9.17, 15) is 9.59 Å². The van der Waals surface area contributed by atoms with Crippen LogP contribution < -0.4 is 0 Å². The number of likely N-dealkylation sites (tertiary alicyclic amines) is 1. The summed E-state index contributed by atoms with van der Waals surface area (Å²) in [4.78, 5) is 25.9. The number of rotatable bonds is 3. The molecule has 1 unspecified atom stereocenters. The van der Waals surface area contributed by atoms with Crippen LogP contribution in [0.4, 0.5) is 0 Å². The maximum absolute atomic E-state index is 12.4. The Bertz CT molecular complexity index is 450. The summed E-state index contributed by atoms with van der Waals surface area (Å²) < 4.78 is 5.04. The van der Waals surface area contributed by atoms with Crippen LogP contribution in [0.1, 0.15) is 36.5 Å². The Morgan fingerprint density at radius 2 is 2.26 bits per heavy atom. The van der Waals surface area contributed by atoms with E-state index in [1.807, 2.05) is 0 Å². The number of piperidine rings is 1. The monoisotopic (exact) mass is 263 g/mol. The maximum atomic E-state index is 12.4. The predicted molar refractivity (Wildman–Crippen MR) is 67.3 cm³/mol. The van der Waals surface area contributed by atoms with E-state index in [1.54, 1.807) is 17.9 Å². The lowest BCUT2D eigenvalue weighted by atomic mass is 10.0. The zero-order valence-corrected chi connectivity index (χ0v) is 10.9. The minimum absolute atomic E-state index is 0.187. The second-order valence-electron chi connectivity index (χ2n) is 4.39. The first-order valence-corrected chi connectivity index (χ1v) is 6.48. The Hall–Kier alpha value is -1.98. The predicted octanol–water partition coefficient (Wildman–Crippen LogP) is 1.03. The quantitative estimate of drug-likeness (QED) is 0.762. The maximum Gasteiger partial charge on any atom is 0.328 e. The van der Waals surface area contributed by atoms with Crippen LogP contribution in [0.25, 0.3) is 0 Å². The second kappa shape index (κ2) is 6.26. The Morgan fingerprint density at radius 3 is 2.95 bits per heavy atom. The third kappa shape index (κ3) is 3.07. The van der Waals surface area contributed by atoms with Crippen LogP contribution in [0.3, 0.4) is 0 Å². The average molecular weight is 263 g/mol. The zero-order valence-electron chi connectivity index (χ0n) is 10.9. The average Bonchev–Trinajstić information content (AvgIpc) is 2.47. The minimum atomic E-state index is -0.477. The van der Waals surface area contributed by atoms with E-state index in [0.29, 0.717) is 25.1 Å². The van der Waals surface area contributed by atoms with Crippen molar-refractivity contribution in [2.75, 3.05) is 13.2 Å². The van der Waals surface area contributed by atoms with Crippen molar-refractivity contribution in [3.05, 3.63) is 24.0 Å². The Balaban J connectivity index is 2.15. The Kier molecular flexibility index (Phi) is 4.43. The number of carbonyl (C=O) groups is 2. The first-order chi connectivity index (χ1) is 9.24. The number of carbonyl (C=O) groups excluding carboxylic acids is 2. The van der Waals surface area contributed by atoms with Gasteiger partial charge in [-0.3, -0.25) is 4.79 Å². The SMILES string of the molecule is CCOC(=O)C1CCCCN1C(=O)c1ccnnc1. The number of ether oxygens (including phenoxy) is 1. The van der Waals surface area contributed by atoms with Crippen molar-refractivity contribution >= 4 is 11.9 Å². The normalized spacial score (nSPS) is 19.0. The van der Waals surface area contributed by atoms with Crippen LogP contribution >= 0.6 is 0 Å². The zero-order chi connectivity index (χ0) is 13.7. The van der Waals surface area contributed by atoms with Crippen LogP contribution in [-0.2, 0) is 9.53 Å². The Labute approximate surface area is 111 Å². The van der Waals surface area contributed by atoms with Gasteiger partial charge in [-0.2, -0.15) is 10.2 Å². The van der Waals surface area contributed by atoms with Crippen LogP contribution in [0, 0.1) is 0 Å². The summed E-state index contributed by atoms with van der Waals surface area (Å²) in [5.41, 5.74) is 0.450.